The Bertz CT molecular complexity index is 494. The van der Waals surface area contributed by atoms with E-state index in [1.165, 1.54) is 23.9 Å². The first kappa shape index (κ1) is 13.9. The molecule has 0 aliphatic carbocycles. The van der Waals surface area contributed by atoms with Gasteiger partial charge in [-0.3, -0.25) is 4.79 Å². The van der Waals surface area contributed by atoms with Gasteiger partial charge in [-0.05, 0) is 44.2 Å². The molecule has 0 unspecified atom stereocenters. The van der Waals surface area contributed by atoms with Crippen molar-refractivity contribution in [3.63, 3.8) is 0 Å². The van der Waals surface area contributed by atoms with Crippen molar-refractivity contribution in [1.82, 2.24) is 0 Å². The van der Waals surface area contributed by atoms with E-state index in [1.807, 2.05) is 0 Å². The van der Waals surface area contributed by atoms with Gasteiger partial charge in [0.05, 0.1) is 7.11 Å². The molecule has 1 heterocycles. The quantitative estimate of drug-likeness (QED) is 0.765. The van der Waals surface area contributed by atoms with E-state index in [9.17, 15) is 4.79 Å². The van der Waals surface area contributed by atoms with Gasteiger partial charge < -0.3 is 9.64 Å². The molecular weight excluding hydrogens is 238 g/mol. The summed E-state index contributed by atoms with van der Waals surface area (Å²) in [6.07, 6.45) is 1.04. The summed E-state index contributed by atoms with van der Waals surface area (Å²) in [5.74, 6) is 0.329. The van der Waals surface area contributed by atoms with E-state index >= 15 is 0 Å². The first-order valence-electron chi connectivity index (χ1n) is 6.81. The topological polar surface area (TPSA) is 29.5 Å². The number of carbonyl (C=O) groups is 1. The number of esters is 1. The Labute approximate surface area is 115 Å². The first-order valence-corrected chi connectivity index (χ1v) is 6.81. The first-order chi connectivity index (χ1) is 8.86. The van der Waals surface area contributed by atoms with Crippen molar-refractivity contribution < 1.29 is 9.53 Å². The lowest BCUT2D eigenvalue weighted by atomic mass is 9.79. The van der Waals surface area contributed by atoms with Crippen molar-refractivity contribution >= 4 is 11.7 Å². The normalized spacial score (nSPS) is 20.9. The molecule has 0 N–H and O–H groups in total. The number of para-hydroxylation sites is 1. The van der Waals surface area contributed by atoms with E-state index < -0.39 is 0 Å². The molecule has 1 atom stereocenters. The molecule has 0 saturated heterocycles. The molecule has 19 heavy (non-hydrogen) atoms. The number of hydrogen-bond acceptors (Lipinski definition) is 3. The Balaban J connectivity index is 2.51. The van der Waals surface area contributed by atoms with Crippen LogP contribution < -0.4 is 4.90 Å². The summed E-state index contributed by atoms with van der Waals surface area (Å²) in [6.45, 7) is 9.07. The van der Waals surface area contributed by atoms with E-state index in [2.05, 4.69) is 50.8 Å². The van der Waals surface area contributed by atoms with Crippen LogP contribution in [0.5, 0.6) is 0 Å². The molecule has 1 aliphatic heterocycles. The predicted molar refractivity (Wildman–Crippen MR) is 77.7 cm³/mol. The minimum Gasteiger partial charge on any atom is -0.468 e. The second-order valence-corrected chi connectivity index (χ2v) is 6.09. The lowest BCUT2D eigenvalue weighted by Gasteiger charge is -2.47. The Kier molecular flexibility index (Phi) is 3.57. The average molecular weight is 261 g/mol. The number of anilines is 1. The van der Waals surface area contributed by atoms with Gasteiger partial charge in [0.15, 0.2) is 0 Å². The van der Waals surface area contributed by atoms with Crippen LogP contribution in [0.1, 0.15) is 44.2 Å². The Morgan fingerprint density at radius 1 is 1.47 bits per heavy atom. The molecule has 0 radical (unpaired) electrons. The molecule has 0 fully saturated rings. The summed E-state index contributed by atoms with van der Waals surface area (Å²) < 4.78 is 4.85. The van der Waals surface area contributed by atoms with Crippen LogP contribution in [0.4, 0.5) is 5.69 Å². The Morgan fingerprint density at radius 2 is 2.16 bits per heavy atom. The zero-order valence-electron chi connectivity index (χ0n) is 12.5. The van der Waals surface area contributed by atoms with Gasteiger partial charge in [0.2, 0.25) is 0 Å². The maximum atomic E-state index is 11.7. The number of aryl methyl sites for hydroxylation is 1. The van der Waals surface area contributed by atoms with Crippen molar-refractivity contribution in [2.75, 3.05) is 18.6 Å². The fourth-order valence-corrected chi connectivity index (χ4v) is 3.21. The third-order valence-electron chi connectivity index (χ3n) is 4.12. The van der Waals surface area contributed by atoms with Gasteiger partial charge in [-0.15, -0.1) is 0 Å². The third kappa shape index (κ3) is 2.46. The van der Waals surface area contributed by atoms with Gasteiger partial charge in [0, 0.05) is 11.2 Å². The lowest BCUT2D eigenvalue weighted by Crippen LogP contribution is -2.51. The number of carbonyl (C=O) groups excluding carboxylic acids is 1. The maximum absolute atomic E-state index is 11.7. The second-order valence-electron chi connectivity index (χ2n) is 6.09. The fourth-order valence-electron chi connectivity index (χ4n) is 3.21. The number of methoxy groups -OCH3 is 1. The SMILES string of the molecule is COC(=O)CN1c2c(C)cccc2[C@H](C)CC1(C)C. The summed E-state index contributed by atoms with van der Waals surface area (Å²) in [6, 6.07) is 6.38. The van der Waals surface area contributed by atoms with Crippen molar-refractivity contribution in [1.29, 1.82) is 0 Å². The van der Waals surface area contributed by atoms with Gasteiger partial charge in [-0.2, -0.15) is 0 Å². The van der Waals surface area contributed by atoms with Gasteiger partial charge in [-0.25, -0.2) is 0 Å². The molecule has 1 aromatic carbocycles. The van der Waals surface area contributed by atoms with Crippen LogP contribution in [-0.4, -0.2) is 25.2 Å². The van der Waals surface area contributed by atoms with Crippen LogP contribution in [0.3, 0.4) is 0 Å². The molecule has 1 aliphatic rings. The third-order valence-corrected chi connectivity index (χ3v) is 4.12. The van der Waals surface area contributed by atoms with Crippen LogP contribution in [0.15, 0.2) is 18.2 Å². The highest BCUT2D eigenvalue weighted by Gasteiger charge is 2.38. The summed E-state index contributed by atoms with van der Waals surface area (Å²) in [7, 11) is 1.45. The van der Waals surface area contributed by atoms with Crippen LogP contribution >= 0.6 is 0 Å². The van der Waals surface area contributed by atoms with Crippen LogP contribution in [0.2, 0.25) is 0 Å². The van der Waals surface area contributed by atoms with Crippen molar-refractivity contribution in [3.8, 4) is 0 Å². The number of hydrogen-bond donors (Lipinski definition) is 0. The number of benzene rings is 1. The number of nitrogens with zero attached hydrogens (tertiary/aromatic N) is 1. The minimum absolute atomic E-state index is 0.0350. The molecule has 2 rings (SSSR count). The van der Waals surface area contributed by atoms with Gasteiger partial charge in [0.25, 0.3) is 0 Å². The van der Waals surface area contributed by atoms with Gasteiger partial charge in [-0.1, -0.05) is 25.1 Å². The van der Waals surface area contributed by atoms with Crippen LogP contribution in [-0.2, 0) is 9.53 Å². The smallest absolute Gasteiger partial charge is 0.325 e. The largest absolute Gasteiger partial charge is 0.468 e. The predicted octanol–water partition coefficient (Wildman–Crippen LogP) is 3.26. The Hall–Kier alpha value is -1.51. The highest BCUT2D eigenvalue weighted by molar-refractivity contribution is 5.78. The summed E-state index contributed by atoms with van der Waals surface area (Å²) >= 11 is 0. The van der Waals surface area contributed by atoms with E-state index in [0.29, 0.717) is 12.5 Å². The van der Waals surface area contributed by atoms with E-state index in [-0.39, 0.29) is 11.5 Å². The summed E-state index contributed by atoms with van der Waals surface area (Å²) in [4.78, 5) is 13.9. The molecule has 0 spiro atoms. The van der Waals surface area contributed by atoms with E-state index in [0.717, 1.165) is 6.42 Å². The number of fused-ring (bicyclic) bond motifs is 1. The monoisotopic (exact) mass is 261 g/mol. The van der Waals surface area contributed by atoms with E-state index in [1.54, 1.807) is 0 Å². The maximum Gasteiger partial charge on any atom is 0.325 e. The summed E-state index contributed by atoms with van der Waals surface area (Å²) in [5.41, 5.74) is 3.73. The molecule has 0 bridgehead atoms. The molecule has 104 valence electrons. The zero-order chi connectivity index (χ0) is 14.2. The highest BCUT2D eigenvalue weighted by atomic mass is 16.5. The minimum atomic E-state index is -0.183. The molecular formula is C16H23NO2. The highest BCUT2D eigenvalue weighted by Crippen LogP contribution is 2.44. The standard InChI is InChI=1S/C16H23NO2/c1-11-7-6-8-13-12(2)9-16(3,4)17(15(11)13)10-14(18)19-5/h6-8,12H,9-10H2,1-5H3/t12-/m1/s1. The van der Waals surface area contributed by atoms with Gasteiger partial charge in [0.1, 0.15) is 6.54 Å². The van der Waals surface area contributed by atoms with Gasteiger partial charge >= 0.3 is 5.97 Å². The average Bonchev–Trinajstić information content (AvgIpc) is 2.33. The van der Waals surface area contributed by atoms with Crippen LogP contribution in [0.25, 0.3) is 0 Å². The zero-order valence-corrected chi connectivity index (χ0v) is 12.5. The lowest BCUT2D eigenvalue weighted by molar-refractivity contribution is -0.139. The molecule has 3 nitrogen and oxygen atoms in total. The molecule has 0 aromatic heterocycles. The Morgan fingerprint density at radius 3 is 2.79 bits per heavy atom. The van der Waals surface area contributed by atoms with Crippen molar-refractivity contribution in [2.45, 2.75) is 45.6 Å². The molecule has 3 heteroatoms. The molecule has 0 amide bonds. The molecule has 1 aromatic rings. The fraction of sp³-hybridized carbons (Fsp3) is 0.562. The molecule has 0 saturated carbocycles. The van der Waals surface area contributed by atoms with E-state index in [4.69, 9.17) is 4.74 Å². The number of rotatable bonds is 2. The van der Waals surface area contributed by atoms with Crippen LogP contribution in [0, 0.1) is 6.92 Å². The number of ether oxygens (including phenoxy) is 1. The summed E-state index contributed by atoms with van der Waals surface area (Å²) in [5, 5.41) is 0. The van der Waals surface area contributed by atoms with Crippen molar-refractivity contribution in [2.24, 2.45) is 0 Å². The van der Waals surface area contributed by atoms with Crippen molar-refractivity contribution in [3.05, 3.63) is 29.3 Å². The second kappa shape index (κ2) is 4.87.